The number of aryl methyl sites for hydroxylation is 1. The van der Waals surface area contributed by atoms with Crippen LogP contribution in [0.1, 0.15) is 10.6 Å². The molecule has 16 heavy (non-hydrogen) atoms. The van der Waals surface area contributed by atoms with E-state index in [1.54, 1.807) is 23.5 Å². The highest BCUT2D eigenvalue weighted by atomic mass is 35.5. The zero-order chi connectivity index (χ0) is 11.5. The Morgan fingerprint density at radius 1 is 1.38 bits per heavy atom. The van der Waals surface area contributed by atoms with Gasteiger partial charge in [0.25, 0.3) is 0 Å². The fourth-order valence-corrected chi connectivity index (χ4v) is 2.38. The second kappa shape index (κ2) is 5.04. The number of anilines is 1. The molecule has 0 atom stereocenters. The molecule has 0 bridgehead atoms. The van der Waals surface area contributed by atoms with E-state index in [0.29, 0.717) is 10.0 Å². The van der Waals surface area contributed by atoms with Crippen LogP contribution in [0.4, 0.5) is 5.69 Å². The lowest BCUT2D eigenvalue weighted by Gasteiger charge is -2.07. The molecule has 1 N–H and O–H groups in total. The van der Waals surface area contributed by atoms with Crippen molar-refractivity contribution in [1.82, 2.24) is 4.98 Å². The average Bonchev–Trinajstić information content (AvgIpc) is 2.66. The van der Waals surface area contributed by atoms with Gasteiger partial charge in [-0.3, -0.25) is 0 Å². The number of hydrogen-bond acceptors (Lipinski definition) is 3. The average molecular weight is 273 g/mol. The van der Waals surface area contributed by atoms with Crippen LogP contribution < -0.4 is 5.32 Å². The highest BCUT2D eigenvalue weighted by Crippen LogP contribution is 2.26. The van der Waals surface area contributed by atoms with Crippen molar-refractivity contribution in [2.45, 2.75) is 13.5 Å². The van der Waals surface area contributed by atoms with E-state index in [4.69, 9.17) is 23.2 Å². The van der Waals surface area contributed by atoms with Gasteiger partial charge in [-0.05, 0) is 25.1 Å². The summed E-state index contributed by atoms with van der Waals surface area (Å²) in [7, 11) is 0. The third-order valence-corrected chi connectivity index (χ3v) is 3.71. The minimum atomic E-state index is 0.673. The maximum absolute atomic E-state index is 6.04. The third kappa shape index (κ3) is 2.67. The molecule has 2 nitrogen and oxygen atoms in total. The molecular weight excluding hydrogens is 263 g/mol. The minimum absolute atomic E-state index is 0.673. The third-order valence-electron chi connectivity index (χ3n) is 2.21. The first-order valence-corrected chi connectivity index (χ1v) is 6.38. The minimum Gasteiger partial charge on any atom is -0.379 e. The number of hydrogen-bond donors (Lipinski definition) is 1. The van der Waals surface area contributed by atoms with Crippen molar-refractivity contribution in [3.05, 3.63) is 44.3 Å². The van der Waals surface area contributed by atoms with E-state index in [9.17, 15) is 0 Å². The predicted molar refractivity (Wildman–Crippen MR) is 70.6 cm³/mol. The Bertz CT molecular complexity index is 496. The summed E-state index contributed by atoms with van der Waals surface area (Å²) in [5.74, 6) is 0. The number of rotatable bonds is 3. The van der Waals surface area contributed by atoms with Crippen LogP contribution in [0, 0.1) is 6.92 Å². The second-order valence-corrected chi connectivity index (χ2v) is 5.12. The van der Waals surface area contributed by atoms with E-state index in [1.807, 2.05) is 18.5 Å². The van der Waals surface area contributed by atoms with Crippen molar-refractivity contribution in [2.24, 2.45) is 0 Å². The molecule has 0 saturated heterocycles. The van der Waals surface area contributed by atoms with Crippen LogP contribution in [0.5, 0.6) is 0 Å². The second-order valence-electron chi connectivity index (χ2n) is 3.34. The van der Waals surface area contributed by atoms with Gasteiger partial charge in [0.15, 0.2) is 0 Å². The van der Waals surface area contributed by atoms with Gasteiger partial charge < -0.3 is 5.32 Å². The first-order chi connectivity index (χ1) is 7.66. The molecule has 0 radical (unpaired) electrons. The molecule has 2 aromatic rings. The molecule has 1 aromatic carbocycles. The Morgan fingerprint density at radius 2 is 2.19 bits per heavy atom. The van der Waals surface area contributed by atoms with Gasteiger partial charge >= 0.3 is 0 Å². The standard InChI is InChI=1S/C11H10Cl2N2S/c1-7-11(16-6-15-7)5-14-10-4-8(12)2-3-9(10)13/h2-4,6,14H,5H2,1H3. The van der Waals surface area contributed by atoms with Crippen molar-refractivity contribution in [3.8, 4) is 0 Å². The van der Waals surface area contributed by atoms with Gasteiger partial charge in [0.05, 0.1) is 28.5 Å². The summed E-state index contributed by atoms with van der Waals surface area (Å²) in [5, 5.41) is 4.60. The molecule has 0 amide bonds. The van der Waals surface area contributed by atoms with Gasteiger partial charge in [0, 0.05) is 9.90 Å². The van der Waals surface area contributed by atoms with Crippen LogP contribution >= 0.6 is 34.5 Å². The maximum atomic E-state index is 6.04. The lowest BCUT2D eigenvalue weighted by Crippen LogP contribution is -1.99. The van der Waals surface area contributed by atoms with E-state index in [1.165, 1.54) is 4.88 Å². The van der Waals surface area contributed by atoms with Crippen molar-refractivity contribution < 1.29 is 0 Å². The van der Waals surface area contributed by atoms with Crippen molar-refractivity contribution in [3.63, 3.8) is 0 Å². The Labute approximate surface area is 108 Å². The summed E-state index contributed by atoms with van der Waals surface area (Å²) in [4.78, 5) is 5.39. The molecule has 1 heterocycles. The Kier molecular flexibility index (Phi) is 3.69. The predicted octanol–water partition coefficient (Wildman–Crippen LogP) is 4.37. The summed E-state index contributed by atoms with van der Waals surface area (Å²) in [6.45, 7) is 2.71. The Balaban J connectivity index is 2.10. The zero-order valence-electron chi connectivity index (χ0n) is 8.63. The summed E-state index contributed by atoms with van der Waals surface area (Å²) in [5.41, 5.74) is 3.74. The summed E-state index contributed by atoms with van der Waals surface area (Å²) in [6, 6.07) is 5.37. The highest BCUT2D eigenvalue weighted by molar-refractivity contribution is 7.09. The van der Waals surface area contributed by atoms with Crippen LogP contribution in [0.2, 0.25) is 10.0 Å². The maximum Gasteiger partial charge on any atom is 0.0798 e. The molecule has 0 unspecified atom stereocenters. The quantitative estimate of drug-likeness (QED) is 0.898. The smallest absolute Gasteiger partial charge is 0.0798 e. The van der Waals surface area contributed by atoms with Gasteiger partial charge in [0.2, 0.25) is 0 Å². The SMILES string of the molecule is Cc1ncsc1CNc1cc(Cl)ccc1Cl. The van der Waals surface area contributed by atoms with Crippen molar-refractivity contribution in [1.29, 1.82) is 0 Å². The van der Waals surface area contributed by atoms with Gasteiger partial charge in [-0.15, -0.1) is 11.3 Å². The number of nitrogens with one attached hydrogen (secondary N) is 1. The fourth-order valence-electron chi connectivity index (χ4n) is 1.30. The van der Waals surface area contributed by atoms with Gasteiger partial charge in [0.1, 0.15) is 0 Å². The van der Waals surface area contributed by atoms with Crippen LogP contribution in [0.15, 0.2) is 23.7 Å². The Morgan fingerprint density at radius 3 is 2.88 bits per heavy atom. The molecule has 84 valence electrons. The van der Waals surface area contributed by atoms with Crippen LogP contribution in [0.25, 0.3) is 0 Å². The van der Waals surface area contributed by atoms with Gasteiger partial charge in [-0.1, -0.05) is 23.2 Å². The molecule has 1 aromatic heterocycles. The number of halogens is 2. The number of aromatic nitrogens is 1. The molecule has 0 fully saturated rings. The van der Waals surface area contributed by atoms with Gasteiger partial charge in [-0.2, -0.15) is 0 Å². The molecule has 0 aliphatic rings. The van der Waals surface area contributed by atoms with Crippen LogP contribution in [-0.4, -0.2) is 4.98 Å². The van der Waals surface area contributed by atoms with Gasteiger partial charge in [-0.25, -0.2) is 4.98 Å². The lowest BCUT2D eigenvalue weighted by molar-refractivity contribution is 1.12. The number of nitrogens with zero attached hydrogens (tertiary/aromatic N) is 1. The highest BCUT2D eigenvalue weighted by Gasteiger charge is 2.04. The number of thiazole rings is 1. The van der Waals surface area contributed by atoms with E-state index >= 15 is 0 Å². The summed E-state index contributed by atoms with van der Waals surface area (Å²) in [6.07, 6.45) is 0. The molecular formula is C11H10Cl2N2S. The first kappa shape index (κ1) is 11.7. The summed E-state index contributed by atoms with van der Waals surface area (Å²) >= 11 is 13.6. The van der Waals surface area contributed by atoms with E-state index in [-0.39, 0.29) is 0 Å². The number of benzene rings is 1. The molecule has 0 aliphatic heterocycles. The zero-order valence-corrected chi connectivity index (χ0v) is 11.0. The van der Waals surface area contributed by atoms with Crippen molar-refractivity contribution >= 4 is 40.2 Å². The molecule has 5 heteroatoms. The molecule has 0 saturated carbocycles. The lowest BCUT2D eigenvalue weighted by atomic mass is 10.3. The van der Waals surface area contributed by atoms with E-state index < -0.39 is 0 Å². The van der Waals surface area contributed by atoms with E-state index in [2.05, 4.69) is 10.3 Å². The van der Waals surface area contributed by atoms with Crippen molar-refractivity contribution in [2.75, 3.05) is 5.32 Å². The van der Waals surface area contributed by atoms with Crippen LogP contribution in [-0.2, 0) is 6.54 Å². The summed E-state index contributed by atoms with van der Waals surface area (Å²) < 4.78 is 0. The topological polar surface area (TPSA) is 24.9 Å². The van der Waals surface area contributed by atoms with E-state index in [0.717, 1.165) is 17.9 Å². The molecule has 0 spiro atoms. The fraction of sp³-hybridized carbons (Fsp3) is 0.182. The first-order valence-electron chi connectivity index (χ1n) is 4.74. The monoisotopic (exact) mass is 272 g/mol. The molecule has 0 aliphatic carbocycles. The molecule has 2 rings (SSSR count). The normalized spacial score (nSPS) is 10.4. The Hall–Kier alpha value is -0.770. The largest absolute Gasteiger partial charge is 0.379 e. The van der Waals surface area contributed by atoms with Crippen LogP contribution in [0.3, 0.4) is 0 Å².